The maximum absolute atomic E-state index is 13.7. The summed E-state index contributed by atoms with van der Waals surface area (Å²) in [7, 11) is 6.09. The molecule has 1 amide bonds. The van der Waals surface area contributed by atoms with Crippen molar-refractivity contribution in [1.82, 2.24) is 5.32 Å². The summed E-state index contributed by atoms with van der Waals surface area (Å²) >= 11 is 0. The first kappa shape index (κ1) is 27.0. The summed E-state index contributed by atoms with van der Waals surface area (Å²) in [6.45, 7) is 3.60. The van der Waals surface area contributed by atoms with Gasteiger partial charge in [-0.15, -0.1) is 0 Å². The minimum absolute atomic E-state index is 0.102. The van der Waals surface area contributed by atoms with E-state index in [9.17, 15) is 9.59 Å². The molecule has 4 rings (SSSR count). The van der Waals surface area contributed by atoms with E-state index >= 15 is 0 Å². The number of esters is 1. The number of anilines is 1. The molecule has 8 nitrogen and oxygen atoms in total. The molecule has 1 N–H and O–H groups in total. The monoisotopic (exact) mass is 518 g/mol. The number of hydrogen-bond donors (Lipinski definition) is 1. The lowest BCUT2D eigenvalue weighted by Gasteiger charge is -2.50. The van der Waals surface area contributed by atoms with Gasteiger partial charge in [0, 0.05) is 11.7 Å². The van der Waals surface area contributed by atoms with E-state index in [4.69, 9.17) is 18.9 Å². The van der Waals surface area contributed by atoms with Crippen LogP contribution in [0.5, 0.6) is 17.2 Å². The van der Waals surface area contributed by atoms with Crippen LogP contribution in [0.2, 0.25) is 0 Å². The van der Waals surface area contributed by atoms with Gasteiger partial charge in [0.25, 0.3) is 0 Å². The minimum atomic E-state index is -1.02. The number of β-lactam (4-membered cyclic amide) rings is 1. The van der Waals surface area contributed by atoms with Crippen LogP contribution in [0, 0.1) is 5.41 Å². The smallest absolute Gasteiger partial charge is 0.313 e. The Balaban J connectivity index is 1.76. The van der Waals surface area contributed by atoms with Crippen LogP contribution in [-0.2, 0) is 14.3 Å². The predicted molar refractivity (Wildman–Crippen MR) is 145 cm³/mol. The molecule has 1 aliphatic heterocycles. The highest BCUT2D eigenvalue weighted by Crippen LogP contribution is 2.44. The lowest BCUT2D eigenvalue weighted by atomic mass is 9.78. The van der Waals surface area contributed by atoms with E-state index in [1.54, 1.807) is 46.1 Å². The van der Waals surface area contributed by atoms with Crippen molar-refractivity contribution in [2.24, 2.45) is 5.41 Å². The van der Waals surface area contributed by atoms with Gasteiger partial charge in [0.05, 0.1) is 39.9 Å². The topological polar surface area (TPSA) is 86.3 Å². The Labute approximate surface area is 223 Å². The van der Waals surface area contributed by atoms with Gasteiger partial charge >= 0.3 is 5.97 Å². The fourth-order valence-electron chi connectivity index (χ4n) is 4.99. The van der Waals surface area contributed by atoms with Gasteiger partial charge < -0.3 is 23.8 Å². The summed E-state index contributed by atoms with van der Waals surface area (Å²) in [4.78, 5) is 28.5. The highest BCUT2D eigenvalue weighted by Gasteiger charge is 2.52. The van der Waals surface area contributed by atoms with Crippen molar-refractivity contribution in [2.75, 3.05) is 33.3 Å². The number of rotatable bonds is 10. The fraction of sp³-hybridized carbons (Fsp3) is 0.333. The van der Waals surface area contributed by atoms with E-state index < -0.39 is 23.5 Å². The van der Waals surface area contributed by atoms with Crippen molar-refractivity contribution < 1.29 is 28.5 Å². The predicted octanol–water partition coefficient (Wildman–Crippen LogP) is 4.70. The highest BCUT2D eigenvalue weighted by atomic mass is 16.5. The van der Waals surface area contributed by atoms with E-state index in [1.807, 2.05) is 66.7 Å². The largest absolute Gasteiger partial charge is 0.497 e. The third kappa shape index (κ3) is 4.91. The van der Waals surface area contributed by atoms with Crippen molar-refractivity contribution in [3.8, 4) is 17.2 Å². The van der Waals surface area contributed by atoms with Crippen molar-refractivity contribution >= 4 is 17.6 Å². The van der Waals surface area contributed by atoms with Crippen LogP contribution in [0.1, 0.15) is 37.1 Å². The molecule has 0 aromatic heterocycles. The number of amides is 1. The van der Waals surface area contributed by atoms with Crippen molar-refractivity contribution in [3.05, 3.63) is 83.9 Å². The second kappa shape index (κ2) is 11.1. The fourth-order valence-corrected chi connectivity index (χ4v) is 4.99. The molecule has 0 radical (unpaired) electrons. The van der Waals surface area contributed by atoms with Gasteiger partial charge in [-0.1, -0.05) is 36.4 Å². The van der Waals surface area contributed by atoms with Crippen LogP contribution >= 0.6 is 0 Å². The van der Waals surface area contributed by atoms with E-state index in [1.165, 1.54) is 7.11 Å². The molecule has 200 valence electrons. The summed E-state index contributed by atoms with van der Waals surface area (Å²) in [5, 5.41) is 3.52. The van der Waals surface area contributed by atoms with Gasteiger partial charge in [0.2, 0.25) is 5.91 Å². The molecule has 1 heterocycles. The maximum atomic E-state index is 13.7. The van der Waals surface area contributed by atoms with Gasteiger partial charge in [-0.05, 0) is 61.4 Å². The molecule has 3 aromatic rings. The van der Waals surface area contributed by atoms with E-state index in [0.29, 0.717) is 17.2 Å². The highest BCUT2D eigenvalue weighted by molar-refractivity contribution is 6.06. The molecule has 38 heavy (non-hydrogen) atoms. The first-order valence-corrected chi connectivity index (χ1v) is 12.3. The van der Waals surface area contributed by atoms with Crippen LogP contribution < -0.4 is 24.4 Å². The number of hydrogen-bond acceptors (Lipinski definition) is 7. The number of carbonyl (C=O) groups excluding carboxylic acids is 2. The van der Waals surface area contributed by atoms with Crippen molar-refractivity contribution in [3.63, 3.8) is 0 Å². The number of nitrogens with zero attached hydrogens (tertiary/aromatic N) is 1. The summed E-state index contributed by atoms with van der Waals surface area (Å²) in [5.74, 6) is 1.30. The number of methoxy groups -OCH3 is 4. The minimum Gasteiger partial charge on any atom is -0.497 e. The first-order valence-electron chi connectivity index (χ1n) is 12.3. The summed E-state index contributed by atoms with van der Waals surface area (Å²) in [5.41, 5.74) is 1.48. The van der Waals surface area contributed by atoms with Crippen molar-refractivity contribution in [2.45, 2.75) is 32.0 Å². The Morgan fingerprint density at radius 2 is 1.53 bits per heavy atom. The van der Waals surface area contributed by atoms with E-state index in [0.717, 1.165) is 16.8 Å². The van der Waals surface area contributed by atoms with Crippen LogP contribution in [0.15, 0.2) is 72.8 Å². The second-order valence-corrected chi connectivity index (χ2v) is 9.67. The lowest BCUT2D eigenvalue weighted by molar-refractivity contribution is -0.153. The Bertz CT molecular complexity index is 1280. The quantitative estimate of drug-likeness (QED) is 0.308. The van der Waals surface area contributed by atoms with Crippen LogP contribution in [0.4, 0.5) is 5.69 Å². The van der Waals surface area contributed by atoms with Gasteiger partial charge in [-0.2, -0.15) is 0 Å². The van der Waals surface area contributed by atoms with Gasteiger partial charge in [0.1, 0.15) is 11.8 Å². The van der Waals surface area contributed by atoms with Crippen LogP contribution in [0.3, 0.4) is 0 Å². The van der Waals surface area contributed by atoms with Crippen LogP contribution in [0.25, 0.3) is 0 Å². The molecule has 1 aliphatic rings. The zero-order chi connectivity index (χ0) is 27.4. The Hall–Kier alpha value is -4.04. The van der Waals surface area contributed by atoms with Gasteiger partial charge in [-0.25, -0.2) is 0 Å². The third-order valence-corrected chi connectivity index (χ3v) is 7.11. The molecular weight excluding hydrogens is 484 g/mol. The number of ether oxygens (including phenoxy) is 4. The third-order valence-electron chi connectivity index (χ3n) is 7.11. The Morgan fingerprint density at radius 3 is 2.11 bits per heavy atom. The average molecular weight is 519 g/mol. The Morgan fingerprint density at radius 1 is 0.868 bits per heavy atom. The van der Waals surface area contributed by atoms with Gasteiger partial charge in [-0.3, -0.25) is 14.9 Å². The zero-order valence-corrected chi connectivity index (χ0v) is 22.6. The molecule has 3 atom stereocenters. The first-order chi connectivity index (χ1) is 18.3. The number of nitrogens with one attached hydrogen (secondary N) is 1. The molecule has 0 bridgehead atoms. The summed E-state index contributed by atoms with van der Waals surface area (Å²) in [6, 6.07) is 21.2. The zero-order valence-electron chi connectivity index (χ0n) is 22.6. The van der Waals surface area contributed by atoms with E-state index in [2.05, 4.69) is 5.32 Å². The van der Waals surface area contributed by atoms with Crippen LogP contribution in [-0.4, -0.2) is 46.4 Å². The van der Waals surface area contributed by atoms with E-state index in [-0.39, 0.29) is 11.9 Å². The van der Waals surface area contributed by atoms with Crippen molar-refractivity contribution in [1.29, 1.82) is 0 Å². The molecule has 1 saturated heterocycles. The molecule has 8 heteroatoms. The average Bonchev–Trinajstić information content (AvgIpc) is 2.95. The number of carbonyl (C=O) groups is 2. The maximum Gasteiger partial charge on any atom is 0.313 e. The molecule has 3 aromatic carbocycles. The second-order valence-electron chi connectivity index (χ2n) is 9.67. The number of benzene rings is 3. The summed E-state index contributed by atoms with van der Waals surface area (Å²) in [6.07, 6.45) is 0. The SMILES string of the molecule is COC(=O)C(C)(C)[C@@H](N[C@H]1C(=O)N(c2ccc(OC)cc2)[C@@H]1c1ccccc1)c1ccc(OC)c(OC)c1. The Kier molecular flexibility index (Phi) is 7.92. The summed E-state index contributed by atoms with van der Waals surface area (Å²) < 4.78 is 21.4. The molecule has 1 fully saturated rings. The molecule has 0 aliphatic carbocycles. The lowest BCUT2D eigenvalue weighted by Crippen LogP contribution is -2.66. The standard InChI is InChI=1S/C30H34N2O6/c1-30(2,29(34)38-6)27(20-12-17-23(36-4)24(18-20)37-5)31-25-26(19-10-8-7-9-11-19)32(28(25)33)21-13-15-22(35-3)16-14-21/h7-18,25-27,31H,1-6H3/t25-,26-,27+/m1/s1. The van der Waals surface area contributed by atoms with Gasteiger partial charge in [0.15, 0.2) is 11.5 Å². The molecule has 0 unspecified atom stereocenters. The normalized spacial score (nSPS) is 17.8. The molecule has 0 saturated carbocycles. The molecular formula is C30H34N2O6. The molecule has 0 spiro atoms.